The van der Waals surface area contributed by atoms with E-state index in [2.05, 4.69) is 5.32 Å². The summed E-state index contributed by atoms with van der Waals surface area (Å²) >= 11 is 0. The fourth-order valence-electron chi connectivity index (χ4n) is 6.53. The van der Waals surface area contributed by atoms with Gasteiger partial charge in [-0.15, -0.1) is 0 Å². The summed E-state index contributed by atoms with van der Waals surface area (Å²) in [6.45, 7) is 1.94. The van der Waals surface area contributed by atoms with Crippen LogP contribution in [0.5, 0.6) is 0 Å². The highest BCUT2D eigenvalue weighted by molar-refractivity contribution is 7.92. The zero-order valence-electron chi connectivity index (χ0n) is 22.5. The van der Waals surface area contributed by atoms with Crippen LogP contribution in [0.3, 0.4) is 0 Å². The second-order valence-electron chi connectivity index (χ2n) is 11.1. The van der Waals surface area contributed by atoms with Crippen LogP contribution in [0.15, 0.2) is 59.5 Å². The van der Waals surface area contributed by atoms with E-state index in [0.717, 1.165) is 42.5 Å². The van der Waals surface area contributed by atoms with Crippen molar-refractivity contribution in [2.45, 2.75) is 49.0 Å². The van der Waals surface area contributed by atoms with Crippen molar-refractivity contribution in [3.63, 3.8) is 0 Å². The Labute approximate surface area is 240 Å². The van der Waals surface area contributed by atoms with Gasteiger partial charge in [-0.05, 0) is 80.1 Å². The first-order valence-electron chi connectivity index (χ1n) is 13.6. The Morgan fingerprint density at radius 2 is 1.57 bits per heavy atom. The molecule has 6 rings (SSSR count). The highest BCUT2D eigenvalue weighted by atomic mass is 32.2. The molecule has 2 aliphatic heterocycles. The summed E-state index contributed by atoms with van der Waals surface area (Å²) in [6, 6.07) is 9.39. The zero-order valence-corrected chi connectivity index (χ0v) is 23.4. The summed E-state index contributed by atoms with van der Waals surface area (Å²) in [5.74, 6) is -5.35. The van der Waals surface area contributed by atoms with Crippen LogP contribution in [0.2, 0.25) is 0 Å². The molecule has 2 fully saturated rings. The Bertz CT molecular complexity index is 1700. The lowest BCUT2D eigenvalue weighted by Crippen LogP contribution is -2.54. The smallest absolute Gasteiger partial charge is 0.264 e. The lowest BCUT2D eigenvalue weighted by molar-refractivity contribution is -0.130. The van der Waals surface area contributed by atoms with Crippen LogP contribution in [0.25, 0.3) is 0 Å². The van der Waals surface area contributed by atoms with Gasteiger partial charge in [0.05, 0.1) is 27.9 Å². The fraction of sp³-hybridized carbons (Fsp3) is 0.333. The highest BCUT2D eigenvalue weighted by Gasteiger charge is 2.61. The van der Waals surface area contributed by atoms with Crippen LogP contribution >= 0.6 is 0 Å². The van der Waals surface area contributed by atoms with Crippen LogP contribution in [0, 0.1) is 29.2 Å². The van der Waals surface area contributed by atoms with E-state index in [-0.39, 0.29) is 53.9 Å². The molecule has 0 radical (unpaired) electrons. The number of benzene rings is 3. The number of anilines is 2. The monoisotopic (exact) mass is 601 g/mol. The number of hydrogen-bond acceptors (Lipinski definition) is 4. The van der Waals surface area contributed by atoms with Gasteiger partial charge in [-0.25, -0.2) is 26.0 Å². The van der Waals surface area contributed by atoms with Crippen molar-refractivity contribution < 1.29 is 35.6 Å². The third kappa shape index (κ3) is 4.43. The van der Waals surface area contributed by atoms with Crippen LogP contribution in [0.1, 0.15) is 48.5 Å². The van der Waals surface area contributed by atoms with Crippen LogP contribution < -0.4 is 9.62 Å². The average molecular weight is 602 g/mol. The van der Waals surface area contributed by atoms with Gasteiger partial charge >= 0.3 is 0 Å². The minimum absolute atomic E-state index is 0.0423. The van der Waals surface area contributed by atoms with Crippen molar-refractivity contribution in [1.29, 1.82) is 0 Å². The van der Waals surface area contributed by atoms with Crippen LogP contribution in [-0.4, -0.2) is 44.3 Å². The minimum Gasteiger partial charge on any atom is -0.343 e. The highest BCUT2D eigenvalue weighted by Crippen LogP contribution is 2.59. The maximum Gasteiger partial charge on any atom is 0.264 e. The minimum atomic E-state index is -4.31. The number of nitrogens with one attached hydrogen (secondary N) is 1. The first-order chi connectivity index (χ1) is 20.0. The summed E-state index contributed by atoms with van der Waals surface area (Å²) in [4.78, 5) is 26.8. The molecule has 7 nitrogen and oxygen atoms in total. The summed E-state index contributed by atoms with van der Waals surface area (Å²) in [6.07, 6.45) is 1.91. The predicted octanol–water partition coefficient (Wildman–Crippen LogP) is 5.36. The predicted molar refractivity (Wildman–Crippen MR) is 146 cm³/mol. The van der Waals surface area contributed by atoms with Gasteiger partial charge in [-0.1, -0.05) is 6.07 Å². The van der Waals surface area contributed by atoms with Gasteiger partial charge in [-0.2, -0.15) is 0 Å². The van der Waals surface area contributed by atoms with Crippen molar-refractivity contribution in [2.75, 3.05) is 22.7 Å². The van der Waals surface area contributed by atoms with E-state index in [1.54, 1.807) is 4.90 Å². The Morgan fingerprint density at radius 3 is 2.19 bits per heavy atom. The van der Waals surface area contributed by atoms with E-state index in [4.69, 9.17) is 0 Å². The van der Waals surface area contributed by atoms with E-state index in [1.807, 2.05) is 0 Å². The number of likely N-dealkylation sites (tertiary alicyclic amines) is 1. The van der Waals surface area contributed by atoms with Gasteiger partial charge in [0.2, 0.25) is 5.91 Å². The molecule has 0 bridgehead atoms. The lowest BCUT2D eigenvalue weighted by Gasteiger charge is -2.45. The van der Waals surface area contributed by atoms with Gasteiger partial charge in [0.1, 0.15) is 11.6 Å². The van der Waals surface area contributed by atoms with E-state index < -0.39 is 61.9 Å². The first kappa shape index (κ1) is 28.2. The lowest BCUT2D eigenvalue weighted by atomic mass is 9.67. The normalized spacial score (nSPS) is 19.6. The number of sulfonamides is 1. The van der Waals surface area contributed by atoms with Gasteiger partial charge in [0.25, 0.3) is 15.9 Å². The molecular formula is C30H27F4N3O4S. The first-order valence-corrected chi connectivity index (χ1v) is 15.0. The zero-order chi connectivity index (χ0) is 30.0. The second kappa shape index (κ2) is 10.1. The standard InChI is InChI=1S/C30H27F4N3O4S/c1-17(38)36-15-13-30(14-16-36)25-24(12-11-21(26(25)33)29(39)35-23-4-2-3-22(32)27(23)34)37(28(30)18-5-6-18)42(40,41)20-9-7-19(31)8-10-20/h2-4,7-12,18,28H,5-6,13-16H2,1H3,(H,35,39). The van der Waals surface area contributed by atoms with E-state index in [0.29, 0.717) is 12.8 Å². The number of amides is 2. The molecule has 1 aliphatic carbocycles. The number of nitrogens with zero attached hydrogens (tertiary/aromatic N) is 2. The number of carbonyl (C=O) groups excluding carboxylic acids is 2. The van der Waals surface area contributed by atoms with E-state index >= 15 is 4.39 Å². The molecule has 220 valence electrons. The summed E-state index contributed by atoms with van der Waals surface area (Å²) < 4.78 is 87.9. The molecule has 1 atom stereocenters. The van der Waals surface area contributed by atoms with Gasteiger partial charge in [0.15, 0.2) is 11.6 Å². The quantitative estimate of drug-likeness (QED) is 0.399. The molecule has 2 heterocycles. The molecule has 3 aromatic carbocycles. The van der Waals surface area contributed by atoms with Crippen LogP contribution in [-0.2, 0) is 20.2 Å². The Kier molecular flexibility index (Phi) is 6.79. The number of hydrogen-bond donors (Lipinski definition) is 1. The van der Waals surface area contributed by atoms with Crippen LogP contribution in [0.4, 0.5) is 28.9 Å². The molecule has 2 amide bonds. The third-order valence-corrected chi connectivity index (χ3v) is 10.5. The fourth-order valence-corrected chi connectivity index (χ4v) is 8.32. The number of fused-ring (bicyclic) bond motifs is 2. The Hall–Kier alpha value is -3.93. The molecule has 1 spiro atoms. The maximum atomic E-state index is 16.7. The van der Waals surface area contributed by atoms with Crippen molar-refractivity contribution in [3.8, 4) is 0 Å². The third-order valence-electron chi connectivity index (χ3n) is 8.66. The maximum absolute atomic E-state index is 16.7. The van der Waals surface area contributed by atoms with Crippen molar-refractivity contribution in [1.82, 2.24) is 4.90 Å². The SMILES string of the molecule is CC(=O)N1CCC2(CC1)c1c(ccc(C(=O)Nc3cccc(F)c3F)c1F)N(S(=O)(=O)c1ccc(F)cc1)C2C1CC1. The molecule has 1 saturated carbocycles. The molecule has 1 N–H and O–H groups in total. The summed E-state index contributed by atoms with van der Waals surface area (Å²) in [7, 11) is -4.31. The molecule has 12 heteroatoms. The molecule has 3 aliphatic rings. The molecule has 1 unspecified atom stereocenters. The van der Waals surface area contributed by atoms with Gasteiger partial charge in [0, 0.05) is 31.0 Å². The summed E-state index contributed by atoms with van der Waals surface area (Å²) in [5, 5.41) is 2.22. The number of rotatable bonds is 5. The number of carbonyl (C=O) groups is 2. The molecule has 1 saturated heterocycles. The van der Waals surface area contributed by atoms with Crippen molar-refractivity contribution >= 4 is 33.2 Å². The van der Waals surface area contributed by atoms with Crippen molar-refractivity contribution in [3.05, 3.63) is 89.0 Å². The average Bonchev–Trinajstić information content (AvgIpc) is 3.75. The molecule has 3 aromatic rings. The second-order valence-corrected chi connectivity index (χ2v) is 12.9. The van der Waals surface area contributed by atoms with E-state index in [1.165, 1.54) is 23.4 Å². The van der Waals surface area contributed by atoms with Gasteiger partial charge in [-0.3, -0.25) is 13.9 Å². The Morgan fingerprint density at radius 1 is 0.905 bits per heavy atom. The Balaban J connectivity index is 1.50. The van der Waals surface area contributed by atoms with Crippen molar-refractivity contribution in [2.24, 2.45) is 5.92 Å². The molecule has 42 heavy (non-hydrogen) atoms. The molecule has 0 aromatic heterocycles. The van der Waals surface area contributed by atoms with Gasteiger partial charge < -0.3 is 10.2 Å². The molecular weight excluding hydrogens is 574 g/mol. The van der Waals surface area contributed by atoms with E-state index in [9.17, 15) is 31.2 Å². The summed E-state index contributed by atoms with van der Waals surface area (Å²) in [5.41, 5.74) is -1.89. The number of halogens is 4. The topological polar surface area (TPSA) is 86.8 Å². The number of piperidine rings is 1. The largest absolute Gasteiger partial charge is 0.343 e.